The second-order valence-electron chi connectivity index (χ2n) is 1.70. The van der Waals surface area contributed by atoms with Crippen LogP contribution < -0.4 is 5.32 Å². The van der Waals surface area contributed by atoms with E-state index in [-0.39, 0.29) is 6.54 Å². The quantitative estimate of drug-likeness (QED) is 0.571. The predicted molar refractivity (Wildman–Crippen MR) is 31.1 cm³/mol. The third-order valence-electron chi connectivity index (χ3n) is 0.915. The van der Waals surface area contributed by atoms with Crippen molar-refractivity contribution in [3.8, 4) is 0 Å². The summed E-state index contributed by atoms with van der Waals surface area (Å²) in [4.78, 5) is 10.0. The van der Waals surface area contributed by atoms with Gasteiger partial charge in [-0.3, -0.25) is 4.79 Å². The molecule has 0 aromatic rings. The first kappa shape index (κ1) is 8.36. The molecule has 0 saturated heterocycles. The maximum Gasteiger partial charge on any atom is 0.320 e. The molecule has 0 heterocycles. The van der Waals surface area contributed by atoms with Crippen LogP contribution in [0.1, 0.15) is 6.92 Å². The van der Waals surface area contributed by atoms with E-state index in [2.05, 4.69) is 5.32 Å². The molecule has 0 spiro atoms. The highest BCUT2D eigenvalue weighted by atomic mass is 19.1. The zero-order valence-corrected chi connectivity index (χ0v) is 5.22. The highest BCUT2D eigenvalue weighted by molar-refractivity contribution is 5.72. The Bertz CT molecular complexity index is 97.0. The molecule has 0 aromatic carbocycles. The lowest BCUT2D eigenvalue weighted by Crippen LogP contribution is -2.34. The molecule has 0 unspecified atom stereocenters. The van der Waals surface area contributed by atoms with Crippen LogP contribution >= 0.6 is 0 Å². The van der Waals surface area contributed by atoms with Crippen LogP contribution in [0.25, 0.3) is 0 Å². The van der Waals surface area contributed by atoms with E-state index in [0.29, 0.717) is 0 Å². The Labute approximate surface area is 52.9 Å². The summed E-state index contributed by atoms with van der Waals surface area (Å²) < 4.78 is 11.4. The van der Waals surface area contributed by atoms with Gasteiger partial charge in [-0.15, -0.1) is 0 Å². The molecule has 0 aliphatic carbocycles. The van der Waals surface area contributed by atoms with Crippen molar-refractivity contribution in [3.63, 3.8) is 0 Å². The van der Waals surface area contributed by atoms with Crippen molar-refractivity contribution < 1.29 is 14.3 Å². The number of aliphatic carboxylic acids is 1. The molecule has 0 amide bonds. The fraction of sp³-hybridized carbons (Fsp3) is 0.800. The smallest absolute Gasteiger partial charge is 0.320 e. The first-order valence-electron chi connectivity index (χ1n) is 2.70. The average Bonchev–Trinajstić information content (AvgIpc) is 1.82. The largest absolute Gasteiger partial charge is 0.480 e. The Balaban J connectivity index is 3.27. The molecule has 0 saturated carbocycles. The van der Waals surface area contributed by atoms with E-state index < -0.39 is 18.7 Å². The van der Waals surface area contributed by atoms with E-state index in [1.807, 2.05) is 0 Å². The summed E-state index contributed by atoms with van der Waals surface area (Å²) in [6, 6.07) is -0.652. The molecule has 2 N–H and O–H groups in total. The second-order valence-corrected chi connectivity index (χ2v) is 1.70. The molecule has 0 aromatic heterocycles. The van der Waals surface area contributed by atoms with Crippen LogP contribution in [-0.2, 0) is 4.79 Å². The van der Waals surface area contributed by atoms with Gasteiger partial charge in [0.15, 0.2) is 0 Å². The van der Waals surface area contributed by atoms with Gasteiger partial charge in [0, 0.05) is 6.54 Å². The highest BCUT2D eigenvalue weighted by Crippen LogP contribution is 1.78. The summed E-state index contributed by atoms with van der Waals surface area (Å²) in [5, 5.41) is 10.7. The number of carboxylic acids is 1. The molecular formula is C5H10FNO2. The third kappa shape index (κ3) is 3.90. The number of rotatable bonds is 4. The van der Waals surface area contributed by atoms with Crippen LogP contribution in [0.4, 0.5) is 4.39 Å². The Morgan fingerprint density at radius 2 is 2.44 bits per heavy atom. The molecule has 54 valence electrons. The Morgan fingerprint density at radius 3 is 2.78 bits per heavy atom. The van der Waals surface area contributed by atoms with Crippen molar-refractivity contribution in [2.45, 2.75) is 13.0 Å². The van der Waals surface area contributed by atoms with Gasteiger partial charge in [0.05, 0.1) is 0 Å². The summed E-state index contributed by atoms with van der Waals surface area (Å²) in [5.41, 5.74) is 0. The number of nitrogens with one attached hydrogen (secondary N) is 1. The van der Waals surface area contributed by atoms with E-state index in [4.69, 9.17) is 5.11 Å². The topological polar surface area (TPSA) is 49.3 Å². The van der Waals surface area contributed by atoms with Crippen LogP contribution in [0, 0.1) is 0 Å². The van der Waals surface area contributed by atoms with Gasteiger partial charge < -0.3 is 10.4 Å². The van der Waals surface area contributed by atoms with Gasteiger partial charge in [0.1, 0.15) is 12.7 Å². The van der Waals surface area contributed by atoms with Gasteiger partial charge in [-0.1, -0.05) is 0 Å². The fourth-order valence-corrected chi connectivity index (χ4v) is 0.358. The Kier molecular flexibility index (Phi) is 3.96. The number of hydrogen-bond donors (Lipinski definition) is 2. The van der Waals surface area contributed by atoms with Gasteiger partial charge in [0.25, 0.3) is 0 Å². The third-order valence-corrected chi connectivity index (χ3v) is 0.915. The maximum absolute atomic E-state index is 11.4. The number of carbonyl (C=O) groups is 1. The number of hydrogen-bond acceptors (Lipinski definition) is 2. The maximum atomic E-state index is 11.4. The number of carboxylic acid groups (broad SMARTS) is 1. The van der Waals surface area contributed by atoms with E-state index in [1.165, 1.54) is 6.92 Å². The normalized spacial score (nSPS) is 13.1. The second kappa shape index (κ2) is 4.26. The minimum atomic E-state index is -0.955. The fourth-order valence-electron chi connectivity index (χ4n) is 0.358. The lowest BCUT2D eigenvalue weighted by Gasteiger charge is -2.04. The average molecular weight is 135 g/mol. The lowest BCUT2D eigenvalue weighted by atomic mass is 10.3. The molecule has 0 aliphatic rings. The highest BCUT2D eigenvalue weighted by Gasteiger charge is 2.07. The molecule has 1 atom stereocenters. The molecule has 9 heavy (non-hydrogen) atoms. The van der Waals surface area contributed by atoms with Crippen molar-refractivity contribution in [2.24, 2.45) is 0 Å². The first-order valence-corrected chi connectivity index (χ1v) is 2.70. The summed E-state index contributed by atoms with van der Waals surface area (Å²) in [6.45, 7) is 1.04. The summed E-state index contributed by atoms with van der Waals surface area (Å²) in [6.07, 6.45) is 0. The number of alkyl halides is 1. The molecule has 0 fully saturated rings. The van der Waals surface area contributed by atoms with Crippen LogP contribution in [0.5, 0.6) is 0 Å². The van der Waals surface area contributed by atoms with Crippen molar-refractivity contribution in [2.75, 3.05) is 13.2 Å². The molecule has 0 bridgehead atoms. The van der Waals surface area contributed by atoms with Crippen molar-refractivity contribution in [3.05, 3.63) is 0 Å². The minimum absolute atomic E-state index is 0.105. The molecule has 4 heteroatoms. The SMILES string of the molecule is C[C@@H](NCCF)C(=O)O. The predicted octanol–water partition coefficient (Wildman–Crippen LogP) is 0.0186. The monoisotopic (exact) mass is 135 g/mol. The first-order chi connectivity index (χ1) is 4.18. The van der Waals surface area contributed by atoms with E-state index in [0.717, 1.165) is 0 Å². The van der Waals surface area contributed by atoms with Gasteiger partial charge in [-0.05, 0) is 6.92 Å². The zero-order chi connectivity index (χ0) is 7.28. The van der Waals surface area contributed by atoms with Crippen LogP contribution in [-0.4, -0.2) is 30.3 Å². The molecule has 0 radical (unpaired) electrons. The zero-order valence-electron chi connectivity index (χ0n) is 5.22. The Morgan fingerprint density at radius 1 is 1.89 bits per heavy atom. The molecule has 0 aliphatic heterocycles. The van der Waals surface area contributed by atoms with Crippen molar-refractivity contribution in [1.29, 1.82) is 0 Å². The van der Waals surface area contributed by atoms with E-state index >= 15 is 0 Å². The van der Waals surface area contributed by atoms with Crippen LogP contribution in [0.3, 0.4) is 0 Å². The van der Waals surface area contributed by atoms with Crippen molar-refractivity contribution in [1.82, 2.24) is 5.32 Å². The van der Waals surface area contributed by atoms with Gasteiger partial charge in [-0.2, -0.15) is 0 Å². The minimum Gasteiger partial charge on any atom is -0.480 e. The standard InChI is InChI=1S/C5H10FNO2/c1-4(5(8)9)7-3-2-6/h4,7H,2-3H2,1H3,(H,8,9)/t4-/m1/s1. The number of halogens is 1. The summed E-state index contributed by atoms with van der Waals surface area (Å²) in [5.74, 6) is -0.955. The van der Waals surface area contributed by atoms with Gasteiger partial charge in [0.2, 0.25) is 0 Å². The summed E-state index contributed by atoms with van der Waals surface area (Å²) in [7, 11) is 0. The van der Waals surface area contributed by atoms with Crippen LogP contribution in [0.15, 0.2) is 0 Å². The molecule has 3 nitrogen and oxygen atoms in total. The lowest BCUT2D eigenvalue weighted by molar-refractivity contribution is -0.138. The van der Waals surface area contributed by atoms with Gasteiger partial charge in [-0.25, -0.2) is 4.39 Å². The van der Waals surface area contributed by atoms with E-state index in [1.54, 1.807) is 0 Å². The van der Waals surface area contributed by atoms with Crippen LogP contribution in [0.2, 0.25) is 0 Å². The van der Waals surface area contributed by atoms with Crippen molar-refractivity contribution >= 4 is 5.97 Å². The Hall–Kier alpha value is -0.640. The van der Waals surface area contributed by atoms with E-state index in [9.17, 15) is 9.18 Å². The molecular weight excluding hydrogens is 125 g/mol. The summed E-state index contributed by atoms with van der Waals surface area (Å²) >= 11 is 0. The molecule has 0 rings (SSSR count). The van der Waals surface area contributed by atoms with Gasteiger partial charge >= 0.3 is 5.97 Å².